The number of hydrogen-bond acceptors (Lipinski definition) is 1. The predicted octanol–water partition coefficient (Wildman–Crippen LogP) is 3.11. The van der Waals surface area contributed by atoms with Gasteiger partial charge in [0.15, 0.2) is 0 Å². The molecule has 0 amide bonds. The highest BCUT2D eigenvalue weighted by atomic mass is 28.3. The van der Waals surface area contributed by atoms with Crippen LogP contribution in [0.5, 0.6) is 0 Å². The normalized spacial score (nSPS) is 47.7. The third kappa shape index (κ3) is 1.23. The molecule has 0 aromatic rings. The van der Waals surface area contributed by atoms with Crippen LogP contribution in [0.15, 0.2) is 12.2 Å². The van der Waals surface area contributed by atoms with E-state index in [-0.39, 0.29) is 0 Å². The number of ketones is 1. The summed E-state index contributed by atoms with van der Waals surface area (Å²) in [6, 6.07) is 0. The molecule has 0 aromatic heterocycles. The molecule has 0 radical (unpaired) electrons. The Labute approximate surface area is 93.0 Å². The molecule has 0 aromatic carbocycles. The van der Waals surface area contributed by atoms with Crippen LogP contribution >= 0.6 is 0 Å². The molecule has 3 aliphatic carbocycles. The standard InChI is InChI=1S/C13H20OSi/c1-15(2,3)11-7-10-8-4-5-9(6-8)12(10)13(11)14/h4-5,8-12H,6-7H2,1-3H3/t8-,9+,10+,11?,12-/m0/s1. The van der Waals surface area contributed by atoms with Crippen LogP contribution in [0, 0.1) is 23.7 Å². The van der Waals surface area contributed by atoms with E-state index in [0.29, 0.717) is 23.2 Å². The van der Waals surface area contributed by atoms with E-state index >= 15 is 0 Å². The summed E-state index contributed by atoms with van der Waals surface area (Å²) >= 11 is 0. The van der Waals surface area contributed by atoms with Gasteiger partial charge in [-0.15, -0.1) is 0 Å². The Morgan fingerprint density at radius 1 is 1.13 bits per heavy atom. The molecule has 0 aliphatic heterocycles. The summed E-state index contributed by atoms with van der Waals surface area (Å²) < 4.78 is 0. The Hall–Kier alpha value is -0.373. The number of allylic oxidation sites excluding steroid dienone is 2. The van der Waals surface area contributed by atoms with Gasteiger partial charge in [0.05, 0.1) is 8.07 Å². The maximum absolute atomic E-state index is 12.4. The fraction of sp³-hybridized carbons (Fsp3) is 0.769. The lowest BCUT2D eigenvalue weighted by atomic mass is 9.86. The van der Waals surface area contributed by atoms with Gasteiger partial charge in [-0.2, -0.15) is 0 Å². The Bertz CT molecular complexity index is 339. The van der Waals surface area contributed by atoms with Crippen molar-refractivity contribution in [3.63, 3.8) is 0 Å². The van der Waals surface area contributed by atoms with Gasteiger partial charge >= 0.3 is 0 Å². The van der Waals surface area contributed by atoms with Crippen LogP contribution in [0.3, 0.4) is 0 Å². The summed E-state index contributed by atoms with van der Waals surface area (Å²) in [5, 5.41) is 0. The van der Waals surface area contributed by atoms with Gasteiger partial charge in [0.2, 0.25) is 0 Å². The minimum Gasteiger partial charge on any atom is -0.299 e. The van der Waals surface area contributed by atoms with Gasteiger partial charge in [-0.3, -0.25) is 4.79 Å². The number of fused-ring (bicyclic) bond motifs is 5. The number of Topliss-reactive ketones (excluding diaryl/α,β-unsaturated/α-hetero) is 1. The molecule has 0 saturated heterocycles. The Balaban J connectivity index is 1.90. The van der Waals surface area contributed by atoms with Crippen molar-refractivity contribution in [2.75, 3.05) is 0 Å². The number of rotatable bonds is 1. The molecular weight excluding hydrogens is 200 g/mol. The van der Waals surface area contributed by atoms with Crippen molar-refractivity contribution in [2.45, 2.75) is 38.0 Å². The molecule has 3 rings (SSSR count). The highest BCUT2D eigenvalue weighted by Gasteiger charge is 2.56. The second-order valence-electron chi connectivity index (χ2n) is 6.69. The van der Waals surface area contributed by atoms with Gasteiger partial charge in [0.25, 0.3) is 0 Å². The molecule has 5 atom stereocenters. The Morgan fingerprint density at radius 2 is 1.80 bits per heavy atom. The van der Waals surface area contributed by atoms with E-state index < -0.39 is 8.07 Å². The molecule has 2 fully saturated rings. The van der Waals surface area contributed by atoms with Crippen molar-refractivity contribution in [3.05, 3.63) is 12.2 Å². The molecule has 2 bridgehead atoms. The summed E-state index contributed by atoms with van der Waals surface area (Å²) in [7, 11) is -1.26. The topological polar surface area (TPSA) is 17.1 Å². The monoisotopic (exact) mass is 220 g/mol. The highest BCUT2D eigenvalue weighted by molar-refractivity contribution is 6.80. The number of hydrogen-bond donors (Lipinski definition) is 0. The Morgan fingerprint density at radius 3 is 2.40 bits per heavy atom. The van der Waals surface area contributed by atoms with Crippen molar-refractivity contribution in [1.29, 1.82) is 0 Å². The number of carbonyl (C=O) groups excluding carboxylic acids is 1. The summed E-state index contributed by atoms with van der Waals surface area (Å²) in [5.41, 5.74) is 0.456. The smallest absolute Gasteiger partial charge is 0.137 e. The fourth-order valence-electron chi connectivity index (χ4n) is 4.07. The predicted molar refractivity (Wildman–Crippen MR) is 64.4 cm³/mol. The van der Waals surface area contributed by atoms with Crippen molar-refractivity contribution in [3.8, 4) is 0 Å². The van der Waals surface area contributed by atoms with Crippen molar-refractivity contribution >= 4 is 13.9 Å². The van der Waals surface area contributed by atoms with Crippen LogP contribution < -0.4 is 0 Å². The van der Waals surface area contributed by atoms with Crippen LogP contribution in [-0.4, -0.2) is 13.9 Å². The largest absolute Gasteiger partial charge is 0.299 e. The van der Waals surface area contributed by atoms with Gasteiger partial charge in [-0.05, 0) is 30.6 Å². The summed E-state index contributed by atoms with van der Waals surface area (Å²) in [4.78, 5) is 12.4. The van der Waals surface area contributed by atoms with Crippen LogP contribution in [-0.2, 0) is 4.79 Å². The third-order valence-corrected chi connectivity index (χ3v) is 7.46. The molecule has 1 nitrogen and oxygen atoms in total. The molecule has 2 saturated carbocycles. The molecule has 0 N–H and O–H groups in total. The summed E-state index contributed by atoms with van der Waals surface area (Å²) in [6.45, 7) is 7.06. The van der Waals surface area contributed by atoms with Gasteiger partial charge < -0.3 is 0 Å². The van der Waals surface area contributed by atoms with Gasteiger partial charge in [0.1, 0.15) is 5.78 Å². The quantitative estimate of drug-likeness (QED) is 0.490. The first-order valence-corrected chi connectivity index (χ1v) is 9.78. The highest BCUT2D eigenvalue weighted by Crippen LogP contribution is 2.58. The lowest BCUT2D eigenvalue weighted by Gasteiger charge is -2.24. The SMILES string of the molecule is C[Si](C)(C)C1C[C@H]2[C@@H](C1=O)[C@@H]1C=C[C@H]2C1. The van der Waals surface area contributed by atoms with E-state index in [2.05, 4.69) is 31.8 Å². The van der Waals surface area contributed by atoms with Gasteiger partial charge in [-0.1, -0.05) is 31.8 Å². The maximum Gasteiger partial charge on any atom is 0.137 e. The van der Waals surface area contributed by atoms with Crippen molar-refractivity contribution in [1.82, 2.24) is 0 Å². The zero-order valence-corrected chi connectivity index (χ0v) is 10.9. The molecule has 0 heterocycles. The first-order valence-electron chi connectivity index (χ1n) is 6.20. The first kappa shape index (κ1) is 9.82. The van der Waals surface area contributed by atoms with E-state index in [0.717, 1.165) is 11.8 Å². The van der Waals surface area contributed by atoms with Gasteiger partial charge in [-0.25, -0.2) is 0 Å². The van der Waals surface area contributed by atoms with Crippen LogP contribution in [0.25, 0.3) is 0 Å². The molecule has 3 aliphatic rings. The second-order valence-corrected chi connectivity index (χ2v) is 12.1. The molecule has 82 valence electrons. The molecule has 15 heavy (non-hydrogen) atoms. The van der Waals surface area contributed by atoms with E-state index in [4.69, 9.17) is 0 Å². The molecular formula is C13H20OSi. The number of carbonyl (C=O) groups is 1. The van der Waals surface area contributed by atoms with E-state index in [1.54, 1.807) is 0 Å². The van der Waals surface area contributed by atoms with Crippen LogP contribution in [0.1, 0.15) is 12.8 Å². The second kappa shape index (κ2) is 2.85. The van der Waals surface area contributed by atoms with Crippen LogP contribution in [0.4, 0.5) is 0 Å². The third-order valence-electron chi connectivity index (χ3n) is 4.85. The van der Waals surface area contributed by atoms with Crippen molar-refractivity contribution in [2.24, 2.45) is 23.7 Å². The van der Waals surface area contributed by atoms with Crippen molar-refractivity contribution < 1.29 is 4.79 Å². The zero-order valence-electron chi connectivity index (χ0n) is 9.86. The lowest BCUT2D eigenvalue weighted by Crippen LogP contribution is -2.33. The van der Waals surface area contributed by atoms with E-state index in [1.807, 2.05) is 0 Å². The summed E-state index contributed by atoms with van der Waals surface area (Å²) in [6.07, 6.45) is 7.19. The summed E-state index contributed by atoms with van der Waals surface area (Å²) in [5.74, 6) is 3.16. The van der Waals surface area contributed by atoms with E-state index in [1.165, 1.54) is 12.8 Å². The average Bonchev–Trinajstić information content (AvgIpc) is 2.73. The fourth-order valence-corrected chi connectivity index (χ4v) is 6.09. The minimum absolute atomic E-state index is 0.428. The molecule has 1 unspecified atom stereocenters. The minimum atomic E-state index is -1.26. The molecule has 0 spiro atoms. The maximum atomic E-state index is 12.4. The van der Waals surface area contributed by atoms with E-state index in [9.17, 15) is 4.79 Å². The lowest BCUT2D eigenvalue weighted by molar-refractivity contribution is -0.121. The average molecular weight is 220 g/mol. The molecule has 2 heteroatoms. The van der Waals surface area contributed by atoms with Crippen LogP contribution in [0.2, 0.25) is 25.2 Å². The zero-order chi connectivity index (χ0) is 10.8. The first-order chi connectivity index (χ1) is 6.98. The Kier molecular flexibility index (Phi) is 1.86. The van der Waals surface area contributed by atoms with Gasteiger partial charge in [0, 0.05) is 11.5 Å².